The molecule has 1 N–H and O–H groups in total. The molecule has 0 spiro atoms. The SMILES string of the molecule is COC(=O)CCCNC(=O)COC(=O)Cc1c(Cl)cccc1Cl. The first kappa shape index (κ1) is 19.3. The van der Waals surface area contributed by atoms with Gasteiger partial charge in [-0.1, -0.05) is 29.3 Å². The molecule has 6 nitrogen and oxygen atoms in total. The molecule has 1 rings (SSSR count). The summed E-state index contributed by atoms with van der Waals surface area (Å²) in [6.07, 6.45) is 0.539. The van der Waals surface area contributed by atoms with Crippen molar-refractivity contribution in [1.29, 1.82) is 0 Å². The highest BCUT2D eigenvalue weighted by Crippen LogP contribution is 2.24. The minimum atomic E-state index is -0.607. The van der Waals surface area contributed by atoms with Gasteiger partial charge >= 0.3 is 11.9 Å². The molecule has 1 amide bonds. The number of rotatable bonds is 8. The number of hydrogen-bond acceptors (Lipinski definition) is 5. The lowest BCUT2D eigenvalue weighted by atomic mass is 10.1. The number of methoxy groups -OCH3 is 1. The van der Waals surface area contributed by atoms with E-state index >= 15 is 0 Å². The first-order valence-electron chi connectivity index (χ1n) is 6.86. The number of ether oxygens (including phenoxy) is 2. The van der Waals surface area contributed by atoms with Crippen LogP contribution < -0.4 is 5.32 Å². The molecular formula is C15H17Cl2NO5. The predicted octanol–water partition coefficient (Wildman–Crippen LogP) is 2.15. The highest BCUT2D eigenvalue weighted by molar-refractivity contribution is 6.36. The van der Waals surface area contributed by atoms with Gasteiger partial charge < -0.3 is 14.8 Å². The van der Waals surface area contributed by atoms with Crippen molar-refractivity contribution >= 4 is 41.0 Å². The van der Waals surface area contributed by atoms with Crippen LogP contribution in [-0.4, -0.2) is 38.1 Å². The van der Waals surface area contributed by atoms with Crippen LogP contribution in [0.2, 0.25) is 10.0 Å². The molecule has 0 aliphatic carbocycles. The Hall–Kier alpha value is -1.79. The molecule has 8 heteroatoms. The van der Waals surface area contributed by atoms with E-state index in [0.717, 1.165) is 0 Å². The van der Waals surface area contributed by atoms with Crippen LogP contribution in [0.1, 0.15) is 18.4 Å². The zero-order chi connectivity index (χ0) is 17.2. The summed E-state index contributed by atoms with van der Waals surface area (Å²) < 4.78 is 9.33. The molecule has 0 aliphatic heterocycles. The summed E-state index contributed by atoms with van der Waals surface area (Å²) in [5.41, 5.74) is 0.458. The van der Waals surface area contributed by atoms with Crippen LogP contribution in [0.25, 0.3) is 0 Å². The van der Waals surface area contributed by atoms with Crippen LogP contribution in [-0.2, 0) is 30.3 Å². The summed E-state index contributed by atoms with van der Waals surface area (Å²) in [4.78, 5) is 34.1. The average molecular weight is 362 g/mol. The number of nitrogens with one attached hydrogen (secondary N) is 1. The van der Waals surface area contributed by atoms with Gasteiger partial charge in [-0.15, -0.1) is 0 Å². The lowest BCUT2D eigenvalue weighted by Gasteiger charge is -2.08. The Labute approximate surface area is 144 Å². The van der Waals surface area contributed by atoms with Crippen molar-refractivity contribution in [2.75, 3.05) is 20.3 Å². The number of amides is 1. The minimum absolute atomic E-state index is 0.117. The summed E-state index contributed by atoms with van der Waals surface area (Å²) in [5, 5.41) is 3.25. The fourth-order valence-electron chi connectivity index (χ4n) is 1.66. The first-order valence-corrected chi connectivity index (χ1v) is 7.61. The van der Waals surface area contributed by atoms with Crippen LogP contribution in [0.3, 0.4) is 0 Å². The van der Waals surface area contributed by atoms with Crippen LogP contribution in [0.15, 0.2) is 18.2 Å². The fourth-order valence-corrected chi connectivity index (χ4v) is 2.19. The van der Waals surface area contributed by atoms with Crippen LogP contribution in [0.5, 0.6) is 0 Å². The number of carbonyl (C=O) groups is 3. The summed E-state index contributed by atoms with van der Waals surface area (Å²) in [5.74, 6) is -1.40. The standard InChI is InChI=1S/C15H17Cl2NO5/c1-22-14(20)6-3-7-18-13(19)9-23-15(21)8-10-11(16)4-2-5-12(10)17/h2,4-5H,3,6-9H2,1H3,(H,18,19). The molecule has 1 aromatic carbocycles. The summed E-state index contributed by atoms with van der Waals surface area (Å²) in [7, 11) is 1.30. The molecule has 0 unspecified atom stereocenters. The van der Waals surface area contributed by atoms with Crippen molar-refractivity contribution in [2.45, 2.75) is 19.3 Å². The predicted molar refractivity (Wildman–Crippen MR) is 85.4 cm³/mol. The van der Waals surface area contributed by atoms with Gasteiger partial charge in [0.2, 0.25) is 0 Å². The smallest absolute Gasteiger partial charge is 0.310 e. The monoisotopic (exact) mass is 361 g/mol. The van der Waals surface area contributed by atoms with E-state index in [9.17, 15) is 14.4 Å². The second-order valence-electron chi connectivity index (χ2n) is 4.57. The summed E-state index contributed by atoms with van der Waals surface area (Å²) >= 11 is 11.9. The van der Waals surface area contributed by atoms with E-state index in [-0.39, 0.29) is 18.8 Å². The number of hydrogen-bond donors (Lipinski definition) is 1. The number of benzene rings is 1. The number of carbonyl (C=O) groups excluding carboxylic acids is 3. The molecule has 0 fully saturated rings. The van der Waals surface area contributed by atoms with Gasteiger partial charge in [-0.3, -0.25) is 14.4 Å². The third kappa shape index (κ3) is 7.34. The van der Waals surface area contributed by atoms with Crippen LogP contribution >= 0.6 is 23.2 Å². The maximum Gasteiger partial charge on any atom is 0.310 e. The number of esters is 2. The molecule has 0 aliphatic rings. The Morgan fingerprint density at radius 2 is 1.78 bits per heavy atom. The molecular weight excluding hydrogens is 345 g/mol. The van der Waals surface area contributed by atoms with E-state index in [2.05, 4.69) is 10.1 Å². The third-order valence-corrected chi connectivity index (χ3v) is 3.56. The van der Waals surface area contributed by atoms with Crippen molar-refractivity contribution in [3.8, 4) is 0 Å². The maximum atomic E-state index is 11.7. The molecule has 0 bridgehead atoms. The van der Waals surface area contributed by atoms with Crippen molar-refractivity contribution in [3.05, 3.63) is 33.8 Å². The number of halogens is 2. The summed E-state index contributed by atoms with van der Waals surface area (Å²) in [6.45, 7) is -0.110. The van der Waals surface area contributed by atoms with E-state index in [1.54, 1.807) is 18.2 Å². The summed E-state index contributed by atoms with van der Waals surface area (Å²) in [6, 6.07) is 4.90. The zero-order valence-electron chi connectivity index (χ0n) is 12.6. The van der Waals surface area contributed by atoms with E-state index in [1.165, 1.54) is 7.11 Å². The average Bonchev–Trinajstić information content (AvgIpc) is 2.53. The van der Waals surface area contributed by atoms with Crippen molar-refractivity contribution in [1.82, 2.24) is 5.32 Å². The molecule has 0 radical (unpaired) electrons. The van der Waals surface area contributed by atoms with E-state index in [1.807, 2.05) is 0 Å². The van der Waals surface area contributed by atoms with Gasteiger partial charge in [0.15, 0.2) is 6.61 Å². The highest BCUT2D eigenvalue weighted by atomic mass is 35.5. The lowest BCUT2D eigenvalue weighted by Crippen LogP contribution is -2.30. The first-order chi connectivity index (χ1) is 10.9. The zero-order valence-corrected chi connectivity index (χ0v) is 14.1. The molecule has 0 saturated carbocycles. The molecule has 0 heterocycles. The van der Waals surface area contributed by atoms with E-state index in [0.29, 0.717) is 28.6 Å². The fraction of sp³-hybridized carbons (Fsp3) is 0.400. The van der Waals surface area contributed by atoms with Gasteiger partial charge in [-0.25, -0.2) is 0 Å². The van der Waals surface area contributed by atoms with Gasteiger partial charge in [0.1, 0.15) is 0 Å². The Morgan fingerprint density at radius 3 is 2.39 bits per heavy atom. The van der Waals surface area contributed by atoms with Crippen molar-refractivity contribution < 1.29 is 23.9 Å². The molecule has 1 aromatic rings. The van der Waals surface area contributed by atoms with Gasteiger partial charge in [0.25, 0.3) is 5.91 Å². The second kappa shape index (κ2) is 10.1. The van der Waals surface area contributed by atoms with Gasteiger partial charge in [0.05, 0.1) is 13.5 Å². The third-order valence-electron chi connectivity index (χ3n) is 2.85. The lowest BCUT2D eigenvalue weighted by molar-refractivity contribution is -0.147. The van der Waals surface area contributed by atoms with Gasteiger partial charge in [-0.2, -0.15) is 0 Å². The van der Waals surface area contributed by atoms with E-state index < -0.39 is 18.5 Å². The largest absolute Gasteiger partial charge is 0.469 e. The van der Waals surface area contributed by atoms with Crippen LogP contribution in [0.4, 0.5) is 0 Å². The van der Waals surface area contributed by atoms with Gasteiger partial charge in [-0.05, 0) is 18.6 Å². The van der Waals surface area contributed by atoms with Crippen molar-refractivity contribution in [3.63, 3.8) is 0 Å². The van der Waals surface area contributed by atoms with Crippen LogP contribution in [0, 0.1) is 0 Å². The second-order valence-corrected chi connectivity index (χ2v) is 5.38. The maximum absolute atomic E-state index is 11.7. The normalized spacial score (nSPS) is 10.0. The quantitative estimate of drug-likeness (QED) is 0.566. The van der Waals surface area contributed by atoms with E-state index in [4.69, 9.17) is 27.9 Å². The molecule has 23 heavy (non-hydrogen) atoms. The Morgan fingerprint density at radius 1 is 1.13 bits per heavy atom. The minimum Gasteiger partial charge on any atom is -0.469 e. The molecule has 0 saturated heterocycles. The highest BCUT2D eigenvalue weighted by Gasteiger charge is 2.13. The van der Waals surface area contributed by atoms with Crippen molar-refractivity contribution in [2.24, 2.45) is 0 Å². The Bertz CT molecular complexity index is 557. The Balaban J connectivity index is 2.28. The molecule has 0 aromatic heterocycles. The molecule has 126 valence electrons. The molecule has 0 atom stereocenters. The van der Waals surface area contributed by atoms with Gasteiger partial charge in [0, 0.05) is 28.6 Å². The Kier molecular flexibility index (Phi) is 8.43. The topological polar surface area (TPSA) is 81.7 Å².